The van der Waals surface area contributed by atoms with Gasteiger partial charge in [0.25, 0.3) is 5.91 Å². The number of carbonyl (C=O) groups is 2. The first-order valence-electron chi connectivity index (χ1n) is 11.6. The second kappa shape index (κ2) is 9.94. The van der Waals surface area contributed by atoms with Crippen LogP contribution in [-0.4, -0.2) is 59.5 Å². The Labute approximate surface area is 213 Å². The third kappa shape index (κ3) is 4.26. The van der Waals surface area contributed by atoms with Gasteiger partial charge in [0.2, 0.25) is 5.91 Å². The van der Waals surface area contributed by atoms with Crippen molar-refractivity contribution in [3.8, 4) is 22.8 Å². The Morgan fingerprint density at radius 1 is 1.39 bits per heavy atom. The van der Waals surface area contributed by atoms with Gasteiger partial charge in [-0.05, 0) is 30.7 Å². The molecule has 2 amide bonds. The third-order valence-electron chi connectivity index (χ3n) is 6.48. The van der Waals surface area contributed by atoms with Gasteiger partial charge in [-0.3, -0.25) is 14.6 Å². The summed E-state index contributed by atoms with van der Waals surface area (Å²) in [4.78, 5) is 34.3. The number of H-pyrrole nitrogens is 1. The summed E-state index contributed by atoms with van der Waals surface area (Å²) in [6.45, 7) is 5.12. The molecular weight excluding hydrogens is 482 g/mol. The number of carbonyl (C=O) groups excluding carboxylic acids is 2. The average molecular weight is 508 g/mol. The van der Waals surface area contributed by atoms with E-state index < -0.39 is 0 Å². The molecule has 0 aliphatic carbocycles. The van der Waals surface area contributed by atoms with Crippen LogP contribution in [0.25, 0.3) is 11.3 Å². The highest BCUT2D eigenvalue weighted by molar-refractivity contribution is 6.32. The molecule has 0 bridgehead atoms. The van der Waals surface area contributed by atoms with E-state index in [4.69, 9.17) is 21.1 Å². The van der Waals surface area contributed by atoms with E-state index in [1.165, 1.54) is 6.08 Å². The molecule has 0 unspecified atom stereocenters. The SMILES string of the molecule is C=CC(=O)N1CC[C@@H]1COc1cnccc1-c1[nH]c2c(c1Nc1cccc(Cl)c1OC)C(=O)NCC2. The van der Waals surface area contributed by atoms with E-state index in [9.17, 15) is 9.59 Å². The summed E-state index contributed by atoms with van der Waals surface area (Å²) < 4.78 is 11.7. The van der Waals surface area contributed by atoms with Crippen LogP contribution in [0.15, 0.2) is 49.3 Å². The molecule has 1 fully saturated rings. The number of para-hydroxylation sites is 1. The van der Waals surface area contributed by atoms with E-state index in [1.54, 1.807) is 30.5 Å². The fourth-order valence-electron chi connectivity index (χ4n) is 4.56. The van der Waals surface area contributed by atoms with Crippen molar-refractivity contribution in [2.45, 2.75) is 18.9 Å². The molecule has 3 N–H and O–H groups in total. The molecule has 2 aromatic heterocycles. The number of benzene rings is 1. The second-order valence-corrected chi connectivity index (χ2v) is 8.95. The van der Waals surface area contributed by atoms with Gasteiger partial charge < -0.3 is 30.0 Å². The first-order valence-corrected chi connectivity index (χ1v) is 12.0. The van der Waals surface area contributed by atoms with Crippen molar-refractivity contribution in [3.63, 3.8) is 0 Å². The Hall–Kier alpha value is -3.98. The number of likely N-dealkylation sites (tertiary alicyclic amines) is 1. The molecule has 0 radical (unpaired) electrons. The van der Waals surface area contributed by atoms with Crippen molar-refractivity contribution >= 4 is 34.8 Å². The number of amides is 2. The summed E-state index contributed by atoms with van der Waals surface area (Å²) in [7, 11) is 1.54. The molecule has 0 saturated carbocycles. The molecule has 9 nitrogen and oxygen atoms in total. The number of aromatic amines is 1. The lowest BCUT2D eigenvalue weighted by molar-refractivity contribution is -0.134. The van der Waals surface area contributed by atoms with Gasteiger partial charge >= 0.3 is 0 Å². The zero-order valence-electron chi connectivity index (χ0n) is 19.8. The van der Waals surface area contributed by atoms with Crippen LogP contribution < -0.4 is 20.1 Å². The quantitative estimate of drug-likeness (QED) is 0.399. The van der Waals surface area contributed by atoms with Gasteiger partial charge in [0, 0.05) is 37.0 Å². The lowest BCUT2D eigenvalue weighted by atomic mass is 10.0. The molecule has 1 atom stereocenters. The van der Waals surface area contributed by atoms with Crippen LogP contribution in [0.3, 0.4) is 0 Å². The molecular formula is C26H26ClN5O4. The van der Waals surface area contributed by atoms with Crippen molar-refractivity contribution < 1.29 is 19.1 Å². The Balaban J connectivity index is 1.53. The Morgan fingerprint density at radius 2 is 2.25 bits per heavy atom. The Bertz CT molecular complexity index is 1340. The molecule has 1 aromatic carbocycles. The molecule has 186 valence electrons. The van der Waals surface area contributed by atoms with Crippen LogP contribution in [0, 0.1) is 0 Å². The van der Waals surface area contributed by atoms with Gasteiger partial charge in [0.05, 0.1) is 47.0 Å². The number of hydrogen-bond donors (Lipinski definition) is 3. The summed E-state index contributed by atoms with van der Waals surface area (Å²) in [5.41, 5.74) is 3.98. The molecule has 10 heteroatoms. The van der Waals surface area contributed by atoms with E-state index in [-0.39, 0.29) is 17.9 Å². The number of methoxy groups -OCH3 is 1. The van der Waals surface area contributed by atoms with Crippen LogP contribution in [0.1, 0.15) is 22.5 Å². The van der Waals surface area contributed by atoms with E-state index in [1.807, 2.05) is 18.2 Å². The molecule has 2 aliphatic rings. The van der Waals surface area contributed by atoms with E-state index >= 15 is 0 Å². The van der Waals surface area contributed by atoms with Gasteiger partial charge in [-0.1, -0.05) is 24.2 Å². The van der Waals surface area contributed by atoms with Crippen LogP contribution in [-0.2, 0) is 11.2 Å². The fraction of sp³-hybridized carbons (Fsp3) is 0.269. The summed E-state index contributed by atoms with van der Waals surface area (Å²) in [5.74, 6) is 0.730. The predicted molar refractivity (Wildman–Crippen MR) is 137 cm³/mol. The maximum Gasteiger partial charge on any atom is 0.255 e. The zero-order chi connectivity index (χ0) is 25.2. The highest BCUT2D eigenvalue weighted by Gasteiger charge is 2.32. The molecule has 0 spiro atoms. The first-order chi connectivity index (χ1) is 17.5. The van der Waals surface area contributed by atoms with Crippen molar-refractivity contribution in [1.82, 2.24) is 20.2 Å². The Kier molecular flexibility index (Phi) is 6.56. The minimum Gasteiger partial charge on any atom is -0.493 e. The van der Waals surface area contributed by atoms with Crippen molar-refractivity contribution in [2.75, 3.05) is 32.1 Å². The summed E-state index contributed by atoms with van der Waals surface area (Å²) in [6.07, 6.45) is 6.14. The van der Waals surface area contributed by atoms with Crippen molar-refractivity contribution in [1.29, 1.82) is 0 Å². The molecule has 36 heavy (non-hydrogen) atoms. The number of nitrogens with one attached hydrogen (secondary N) is 3. The maximum absolute atomic E-state index is 12.9. The fourth-order valence-corrected chi connectivity index (χ4v) is 4.82. The van der Waals surface area contributed by atoms with Crippen LogP contribution in [0.4, 0.5) is 11.4 Å². The minimum absolute atomic E-state index is 0.0282. The smallest absolute Gasteiger partial charge is 0.255 e. The van der Waals surface area contributed by atoms with Crippen LogP contribution in [0.5, 0.6) is 11.5 Å². The number of rotatable bonds is 8. The summed E-state index contributed by atoms with van der Waals surface area (Å²) >= 11 is 6.34. The lowest BCUT2D eigenvalue weighted by Crippen LogP contribution is -2.53. The predicted octanol–water partition coefficient (Wildman–Crippen LogP) is 3.93. The van der Waals surface area contributed by atoms with E-state index in [2.05, 4.69) is 27.2 Å². The van der Waals surface area contributed by atoms with Gasteiger partial charge in [-0.25, -0.2) is 0 Å². The number of pyridine rings is 1. The standard InChI is InChI=1S/C26H26ClN5O4/c1-3-21(33)32-12-9-15(32)14-36-20-13-28-10-7-16(20)23-24(22-18(30-23)8-11-29-26(22)34)31-19-6-4-5-17(27)25(19)35-2/h3-7,10,13,15,30-31H,1,8-9,11-12,14H2,2H3,(H,29,34)/t15-/m1/s1. The number of fused-ring (bicyclic) bond motifs is 1. The molecule has 1 saturated heterocycles. The van der Waals surface area contributed by atoms with Crippen LogP contribution >= 0.6 is 11.6 Å². The number of nitrogens with zero attached hydrogens (tertiary/aromatic N) is 2. The van der Waals surface area contributed by atoms with Gasteiger partial charge in [0.1, 0.15) is 12.4 Å². The first kappa shape index (κ1) is 23.7. The maximum atomic E-state index is 12.9. The molecule has 3 aromatic rings. The topological polar surface area (TPSA) is 109 Å². The minimum atomic E-state index is -0.174. The number of aromatic nitrogens is 2. The van der Waals surface area contributed by atoms with Gasteiger partial charge in [0.15, 0.2) is 5.75 Å². The number of halogens is 1. The monoisotopic (exact) mass is 507 g/mol. The normalized spacial score (nSPS) is 16.4. The third-order valence-corrected chi connectivity index (χ3v) is 6.78. The van der Waals surface area contributed by atoms with Crippen LogP contribution in [0.2, 0.25) is 5.02 Å². The van der Waals surface area contributed by atoms with Crippen molar-refractivity contribution in [3.05, 3.63) is 65.6 Å². The molecule has 5 rings (SSSR count). The Morgan fingerprint density at radius 3 is 3.00 bits per heavy atom. The highest BCUT2D eigenvalue weighted by Crippen LogP contribution is 2.43. The molecule has 2 aliphatic heterocycles. The zero-order valence-corrected chi connectivity index (χ0v) is 20.5. The van der Waals surface area contributed by atoms with E-state index in [0.29, 0.717) is 65.3 Å². The number of hydrogen-bond acceptors (Lipinski definition) is 6. The molecule has 4 heterocycles. The second-order valence-electron chi connectivity index (χ2n) is 8.54. The number of anilines is 2. The lowest BCUT2D eigenvalue weighted by Gasteiger charge is -2.40. The summed E-state index contributed by atoms with van der Waals surface area (Å²) in [5, 5.41) is 6.74. The summed E-state index contributed by atoms with van der Waals surface area (Å²) in [6, 6.07) is 7.18. The van der Waals surface area contributed by atoms with Gasteiger partial charge in [-0.15, -0.1) is 0 Å². The van der Waals surface area contributed by atoms with E-state index in [0.717, 1.165) is 17.7 Å². The highest BCUT2D eigenvalue weighted by atomic mass is 35.5. The number of ether oxygens (including phenoxy) is 2. The average Bonchev–Trinajstić information content (AvgIpc) is 3.23. The van der Waals surface area contributed by atoms with Gasteiger partial charge in [-0.2, -0.15) is 0 Å². The largest absolute Gasteiger partial charge is 0.493 e. The van der Waals surface area contributed by atoms with Crippen molar-refractivity contribution in [2.24, 2.45) is 0 Å².